The molecule has 2 rings (SSSR count). The zero-order valence-corrected chi connectivity index (χ0v) is 13.5. The average Bonchev–Trinajstić information content (AvgIpc) is 2.97. The number of anilines is 2. The number of halogens is 2. The first-order chi connectivity index (χ1) is 10.2. The molecule has 0 spiro atoms. The van der Waals surface area contributed by atoms with Crippen LogP contribution in [0.15, 0.2) is 24.8 Å². The Hall–Kier alpha value is -1.46. The summed E-state index contributed by atoms with van der Waals surface area (Å²) < 4.78 is 2.03. The van der Waals surface area contributed by atoms with E-state index in [9.17, 15) is 0 Å². The molecule has 7 heteroatoms. The van der Waals surface area contributed by atoms with Gasteiger partial charge in [0, 0.05) is 32.0 Å². The summed E-state index contributed by atoms with van der Waals surface area (Å²) in [6.07, 6.45) is 7.49. The van der Waals surface area contributed by atoms with Crippen molar-refractivity contribution < 1.29 is 0 Å². The molecule has 0 amide bonds. The van der Waals surface area contributed by atoms with E-state index in [1.165, 1.54) is 0 Å². The molecule has 0 radical (unpaired) electrons. The lowest BCUT2D eigenvalue weighted by atomic mass is 10.3. The van der Waals surface area contributed by atoms with Gasteiger partial charge in [0.15, 0.2) is 0 Å². The fraction of sp³-hybridized carbons (Fsp3) is 0.429. The molecule has 21 heavy (non-hydrogen) atoms. The van der Waals surface area contributed by atoms with Crippen LogP contribution in [0, 0.1) is 0 Å². The van der Waals surface area contributed by atoms with Gasteiger partial charge < -0.3 is 15.2 Å². The number of imidazole rings is 1. The number of hydrogen-bond acceptors (Lipinski definition) is 4. The van der Waals surface area contributed by atoms with Crippen molar-refractivity contribution in [2.24, 2.45) is 0 Å². The Labute approximate surface area is 134 Å². The van der Waals surface area contributed by atoms with Gasteiger partial charge in [-0.05, 0) is 18.9 Å². The second-order valence-corrected chi connectivity index (χ2v) is 5.47. The molecule has 0 aliphatic carbocycles. The zero-order valence-electron chi connectivity index (χ0n) is 11.9. The predicted molar refractivity (Wildman–Crippen MR) is 88.4 cm³/mol. The Morgan fingerprint density at radius 3 is 2.48 bits per heavy atom. The Morgan fingerprint density at radius 2 is 1.86 bits per heavy atom. The van der Waals surface area contributed by atoms with Gasteiger partial charge in [0.2, 0.25) is 0 Å². The van der Waals surface area contributed by atoms with Crippen LogP contribution in [-0.4, -0.2) is 27.6 Å². The molecule has 0 fully saturated rings. The molecule has 5 nitrogen and oxygen atoms in total. The number of nitrogens with zero attached hydrogens (tertiary/aromatic N) is 3. The Balaban J connectivity index is 1.89. The molecule has 0 unspecified atom stereocenters. The highest BCUT2D eigenvalue weighted by molar-refractivity contribution is 6.37. The monoisotopic (exact) mass is 327 g/mol. The van der Waals surface area contributed by atoms with Crippen molar-refractivity contribution in [3.8, 4) is 0 Å². The quantitative estimate of drug-likeness (QED) is 0.722. The normalized spacial score (nSPS) is 10.6. The van der Waals surface area contributed by atoms with Crippen molar-refractivity contribution in [3.63, 3.8) is 0 Å². The number of pyridine rings is 1. The summed E-state index contributed by atoms with van der Waals surface area (Å²) in [6.45, 7) is 4.60. The van der Waals surface area contributed by atoms with Crippen molar-refractivity contribution in [1.82, 2.24) is 14.5 Å². The van der Waals surface area contributed by atoms with Crippen LogP contribution in [0.2, 0.25) is 10.0 Å². The third-order valence-electron chi connectivity index (χ3n) is 2.92. The van der Waals surface area contributed by atoms with Crippen LogP contribution in [0.4, 0.5) is 11.6 Å². The van der Waals surface area contributed by atoms with Crippen molar-refractivity contribution in [1.29, 1.82) is 0 Å². The van der Waals surface area contributed by atoms with Gasteiger partial charge in [-0.15, -0.1) is 0 Å². The standard InChI is InChI=1S/C14H19Cl2N5/c1-2-4-18-13-11(15)9-12(16)14(20-13)19-5-3-7-21-8-6-17-10-21/h6,8-10H,2-5,7H2,1H3,(H2,18,19,20). The van der Waals surface area contributed by atoms with E-state index in [0.717, 1.165) is 32.5 Å². The van der Waals surface area contributed by atoms with E-state index in [1.807, 2.05) is 10.8 Å². The summed E-state index contributed by atoms with van der Waals surface area (Å²) in [5.74, 6) is 1.32. The molecule has 0 atom stereocenters. The summed E-state index contributed by atoms with van der Waals surface area (Å²) in [5, 5.41) is 7.50. The maximum atomic E-state index is 6.16. The number of hydrogen-bond donors (Lipinski definition) is 2. The van der Waals surface area contributed by atoms with Gasteiger partial charge in [0.1, 0.15) is 11.6 Å². The van der Waals surface area contributed by atoms with Crippen LogP contribution in [0.1, 0.15) is 19.8 Å². The van der Waals surface area contributed by atoms with Gasteiger partial charge in [0.05, 0.1) is 16.4 Å². The van der Waals surface area contributed by atoms with Crippen LogP contribution in [0.5, 0.6) is 0 Å². The van der Waals surface area contributed by atoms with E-state index in [4.69, 9.17) is 23.2 Å². The van der Waals surface area contributed by atoms with Crippen molar-refractivity contribution in [2.75, 3.05) is 23.7 Å². The Kier molecular flexibility index (Phi) is 6.14. The van der Waals surface area contributed by atoms with E-state index in [2.05, 4.69) is 27.5 Å². The van der Waals surface area contributed by atoms with E-state index in [0.29, 0.717) is 21.7 Å². The predicted octanol–water partition coefficient (Wildman–Crippen LogP) is 3.91. The minimum absolute atomic E-state index is 0.532. The van der Waals surface area contributed by atoms with Crippen molar-refractivity contribution >= 4 is 34.8 Å². The second kappa shape index (κ2) is 8.10. The molecule has 2 aromatic rings. The molecule has 0 saturated carbocycles. The highest BCUT2D eigenvalue weighted by atomic mass is 35.5. The first-order valence-electron chi connectivity index (χ1n) is 7.00. The third kappa shape index (κ3) is 4.79. The van der Waals surface area contributed by atoms with Crippen LogP contribution in [-0.2, 0) is 6.54 Å². The molecular weight excluding hydrogens is 309 g/mol. The average molecular weight is 328 g/mol. The number of nitrogens with one attached hydrogen (secondary N) is 2. The highest BCUT2D eigenvalue weighted by Gasteiger charge is 2.08. The lowest BCUT2D eigenvalue weighted by Gasteiger charge is -2.12. The lowest BCUT2D eigenvalue weighted by Crippen LogP contribution is -2.09. The molecule has 0 bridgehead atoms. The summed E-state index contributed by atoms with van der Waals surface area (Å²) in [7, 11) is 0. The van der Waals surface area contributed by atoms with Crippen LogP contribution in [0.25, 0.3) is 0 Å². The van der Waals surface area contributed by atoms with Gasteiger partial charge in [-0.25, -0.2) is 9.97 Å². The van der Waals surface area contributed by atoms with E-state index >= 15 is 0 Å². The molecule has 2 heterocycles. The maximum absolute atomic E-state index is 6.16. The number of aromatic nitrogens is 3. The Bertz CT molecular complexity index is 557. The van der Waals surface area contributed by atoms with Crippen molar-refractivity contribution in [2.45, 2.75) is 26.3 Å². The molecule has 0 aliphatic rings. The molecule has 0 saturated heterocycles. The van der Waals surface area contributed by atoms with Gasteiger partial charge in [0.25, 0.3) is 0 Å². The largest absolute Gasteiger partial charge is 0.369 e. The Morgan fingerprint density at radius 1 is 1.14 bits per heavy atom. The minimum Gasteiger partial charge on any atom is -0.369 e. The number of aryl methyl sites for hydroxylation is 1. The summed E-state index contributed by atoms with van der Waals surface area (Å²) in [5.41, 5.74) is 0. The van der Waals surface area contributed by atoms with E-state index < -0.39 is 0 Å². The second-order valence-electron chi connectivity index (χ2n) is 4.66. The third-order valence-corrected chi connectivity index (χ3v) is 3.49. The fourth-order valence-corrected chi connectivity index (χ4v) is 2.34. The molecule has 0 aliphatic heterocycles. The first kappa shape index (κ1) is 15.9. The van der Waals surface area contributed by atoms with Crippen LogP contribution >= 0.6 is 23.2 Å². The molecular formula is C14H19Cl2N5. The van der Waals surface area contributed by atoms with Crippen LogP contribution < -0.4 is 10.6 Å². The molecule has 2 aromatic heterocycles. The van der Waals surface area contributed by atoms with Gasteiger partial charge in [-0.2, -0.15) is 0 Å². The van der Waals surface area contributed by atoms with Gasteiger partial charge >= 0.3 is 0 Å². The van der Waals surface area contributed by atoms with Crippen molar-refractivity contribution in [3.05, 3.63) is 34.8 Å². The fourth-order valence-electron chi connectivity index (χ4n) is 1.85. The smallest absolute Gasteiger partial charge is 0.147 e. The minimum atomic E-state index is 0.532. The summed E-state index contributed by atoms with van der Waals surface area (Å²) >= 11 is 12.3. The summed E-state index contributed by atoms with van der Waals surface area (Å²) in [4.78, 5) is 8.45. The topological polar surface area (TPSA) is 54.8 Å². The summed E-state index contributed by atoms with van der Waals surface area (Å²) in [6, 6.07) is 1.71. The van der Waals surface area contributed by atoms with Gasteiger partial charge in [-0.1, -0.05) is 30.1 Å². The molecule has 0 aromatic carbocycles. The van der Waals surface area contributed by atoms with Gasteiger partial charge in [-0.3, -0.25) is 0 Å². The van der Waals surface area contributed by atoms with E-state index in [1.54, 1.807) is 18.6 Å². The molecule has 2 N–H and O–H groups in total. The number of rotatable bonds is 8. The molecule has 114 valence electrons. The van der Waals surface area contributed by atoms with E-state index in [-0.39, 0.29) is 0 Å². The first-order valence-corrected chi connectivity index (χ1v) is 7.76. The lowest BCUT2D eigenvalue weighted by molar-refractivity contribution is 0.660. The van der Waals surface area contributed by atoms with Crippen LogP contribution in [0.3, 0.4) is 0 Å². The zero-order chi connectivity index (χ0) is 15.1. The maximum Gasteiger partial charge on any atom is 0.147 e. The SMILES string of the molecule is CCCNc1nc(NCCCn2ccnc2)c(Cl)cc1Cl. The highest BCUT2D eigenvalue weighted by Crippen LogP contribution is 2.29.